The normalized spacial score (nSPS) is 11.3. The van der Waals surface area contributed by atoms with Crippen LogP contribution in [0.15, 0.2) is 88.7 Å². The molecule has 114 valence electrons. The van der Waals surface area contributed by atoms with Gasteiger partial charge in [0.15, 0.2) is 4.90 Å². The zero-order chi connectivity index (χ0) is 15.9. The fourth-order valence-corrected chi connectivity index (χ4v) is 4.20. The van der Waals surface area contributed by atoms with Crippen LogP contribution in [0, 0.1) is 0 Å². The monoisotopic (exact) mass is 326 g/mol. The van der Waals surface area contributed by atoms with Gasteiger partial charge in [0.05, 0.1) is 0 Å². The van der Waals surface area contributed by atoms with Crippen LogP contribution in [-0.4, -0.2) is 0 Å². The number of hydrogen-bond donors (Lipinski definition) is 0. The molecule has 0 saturated carbocycles. The molecule has 0 aliphatic carbocycles. The molecule has 0 aliphatic heterocycles. The second-order valence-corrected chi connectivity index (χ2v) is 6.70. The zero-order valence-corrected chi connectivity index (χ0v) is 13.7. The van der Waals surface area contributed by atoms with Crippen LogP contribution in [0.1, 0.15) is 0 Å². The van der Waals surface area contributed by atoms with Gasteiger partial charge in [-0.15, -0.1) is 11.3 Å². The van der Waals surface area contributed by atoms with Crippen molar-refractivity contribution >= 4 is 32.6 Å². The van der Waals surface area contributed by atoms with Crippen LogP contribution in [0.3, 0.4) is 0 Å². The van der Waals surface area contributed by atoms with Gasteiger partial charge in [-0.2, -0.15) is 0 Å². The predicted octanol–water partition coefficient (Wildman–Crippen LogP) is 6.98. The lowest BCUT2D eigenvalue weighted by Gasteiger charge is -2.05. The van der Waals surface area contributed by atoms with Gasteiger partial charge in [-0.05, 0) is 28.8 Å². The molecule has 2 heterocycles. The number of para-hydroxylation sites is 1. The minimum Gasteiger partial charge on any atom is -0.445 e. The average molecular weight is 326 g/mol. The van der Waals surface area contributed by atoms with Crippen molar-refractivity contribution in [3.63, 3.8) is 0 Å². The van der Waals surface area contributed by atoms with Gasteiger partial charge in [-0.3, -0.25) is 0 Å². The molecule has 0 radical (unpaired) electrons. The number of rotatable bonds is 2. The average Bonchev–Trinajstić information content (AvgIpc) is 3.22. The number of thiophene rings is 1. The summed E-state index contributed by atoms with van der Waals surface area (Å²) in [5, 5.41) is 4.61. The molecule has 0 fully saturated rings. The van der Waals surface area contributed by atoms with E-state index in [0.29, 0.717) is 0 Å². The number of furan rings is 1. The summed E-state index contributed by atoms with van der Waals surface area (Å²) in [6.45, 7) is 0. The van der Waals surface area contributed by atoms with Gasteiger partial charge in [0.1, 0.15) is 5.58 Å². The van der Waals surface area contributed by atoms with E-state index < -0.39 is 0 Å². The van der Waals surface area contributed by atoms with Crippen LogP contribution >= 0.6 is 11.3 Å². The fraction of sp³-hybridized carbons (Fsp3) is 0. The van der Waals surface area contributed by atoms with Crippen LogP contribution in [0.2, 0.25) is 0 Å². The number of benzene rings is 3. The summed E-state index contributed by atoms with van der Waals surface area (Å²) in [6.07, 6.45) is 0. The highest BCUT2D eigenvalue weighted by Crippen LogP contribution is 2.41. The number of fused-ring (bicyclic) bond motifs is 3. The van der Waals surface area contributed by atoms with Crippen LogP contribution in [-0.2, 0) is 0 Å². The van der Waals surface area contributed by atoms with Crippen molar-refractivity contribution in [1.82, 2.24) is 0 Å². The first-order chi connectivity index (χ1) is 11.9. The van der Waals surface area contributed by atoms with Crippen LogP contribution < -0.4 is 0 Å². The van der Waals surface area contributed by atoms with Crippen LogP contribution in [0.25, 0.3) is 43.5 Å². The van der Waals surface area contributed by atoms with Gasteiger partial charge in [-0.25, -0.2) is 0 Å². The Hall–Kier alpha value is -2.84. The van der Waals surface area contributed by atoms with E-state index >= 15 is 0 Å². The quantitative estimate of drug-likeness (QED) is 0.341. The van der Waals surface area contributed by atoms with Gasteiger partial charge < -0.3 is 4.42 Å². The molecule has 2 aromatic heterocycles. The Balaban J connectivity index is 1.73. The maximum Gasteiger partial charge on any atom is 0.189 e. The summed E-state index contributed by atoms with van der Waals surface area (Å²) in [5.41, 5.74) is 5.91. The van der Waals surface area contributed by atoms with Crippen LogP contribution in [0.5, 0.6) is 0 Å². The van der Waals surface area contributed by atoms with E-state index in [4.69, 9.17) is 4.42 Å². The molecule has 0 atom stereocenters. The van der Waals surface area contributed by atoms with Gasteiger partial charge in [0, 0.05) is 21.7 Å². The van der Waals surface area contributed by atoms with Crippen LogP contribution in [0.4, 0.5) is 0 Å². The fourth-order valence-electron chi connectivity index (χ4n) is 3.24. The molecule has 0 N–H and O–H groups in total. The van der Waals surface area contributed by atoms with Crippen molar-refractivity contribution in [2.45, 2.75) is 0 Å². The van der Waals surface area contributed by atoms with E-state index in [1.807, 2.05) is 18.2 Å². The summed E-state index contributed by atoms with van der Waals surface area (Å²) in [4.78, 5) is 0.997. The minimum atomic E-state index is 0.958. The molecule has 3 aromatic carbocycles. The molecule has 5 aromatic rings. The molecule has 0 unspecified atom stereocenters. The zero-order valence-electron chi connectivity index (χ0n) is 12.9. The number of hydrogen-bond acceptors (Lipinski definition) is 2. The maximum absolute atomic E-state index is 5.99. The lowest BCUT2D eigenvalue weighted by molar-refractivity contribution is 0.678. The molecule has 2 heteroatoms. The highest BCUT2D eigenvalue weighted by Gasteiger charge is 2.14. The Labute approximate surface area is 143 Å². The highest BCUT2D eigenvalue weighted by molar-refractivity contribution is 7.17. The summed E-state index contributed by atoms with van der Waals surface area (Å²) in [6, 6.07) is 27.5. The molecular weight excluding hydrogens is 312 g/mol. The topological polar surface area (TPSA) is 13.1 Å². The largest absolute Gasteiger partial charge is 0.445 e. The van der Waals surface area contributed by atoms with E-state index in [1.165, 1.54) is 33.0 Å². The van der Waals surface area contributed by atoms with Crippen molar-refractivity contribution in [3.05, 3.63) is 84.2 Å². The second kappa shape index (κ2) is 5.36. The first-order valence-electron chi connectivity index (χ1n) is 7.95. The smallest absolute Gasteiger partial charge is 0.189 e. The minimum absolute atomic E-state index is 0.958. The summed E-state index contributed by atoms with van der Waals surface area (Å²) < 4.78 is 5.99. The molecule has 0 aliphatic rings. The Morgan fingerprint density at radius 1 is 0.667 bits per heavy atom. The Morgan fingerprint density at radius 3 is 2.33 bits per heavy atom. The summed E-state index contributed by atoms with van der Waals surface area (Å²) in [5.74, 6) is 0. The highest BCUT2D eigenvalue weighted by atomic mass is 32.1. The summed E-state index contributed by atoms with van der Waals surface area (Å²) in [7, 11) is 0. The second-order valence-electron chi connectivity index (χ2n) is 5.86. The standard InChI is InChI=1S/C22H14OS/c1-2-7-15(8-3-1)16-9-6-10-17(13-16)19-14-24-22-21(19)18-11-4-5-12-20(18)23-22/h1-14H. The lowest BCUT2D eigenvalue weighted by atomic mass is 9.98. The Morgan fingerprint density at radius 2 is 1.42 bits per heavy atom. The Kier molecular flexibility index (Phi) is 3.03. The molecule has 1 nitrogen and oxygen atoms in total. The lowest BCUT2D eigenvalue weighted by Crippen LogP contribution is -1.80. The van der Waals surface area contributed by atoms with Crippen molar-refractivity contribution < 1.29 is 4.42 Å². The molecule has 0 spiro atoms. The third-order valence-electron chi connectivity index (χ3n) is 4.40. The van der Waals surface area contributed by atoms with Gasteiger partial charge in [0.25, 0.3) is 0 Å². The van der Waals surface area contributed by atoms with E-state index in [-0.39, 0.29) is 0 Å². The molecular formula is C22H14OS. The molecule has 0 bridgehead atoms. The van der Waals surface area contributed by atoms with Gasteiger partial charge >= 0.3 is 0 Å². The van der Waals surface area contributed by atoms with Gasteiger partial charge in [0.2, 0.25) is 0 Å². The van der Waals surface area contributed by atoms with Crippen molar-refractivity contribution in [2.24, 2.45) is 0 Å². The first kappa shape index (κ1) is 13.6. The van der Waals surface area contributed by atoms with Gasteiger partial charge in [-0.1, -0.05) is 66.7 Å². The predicted molar refractivity (Wildman–Crippen MR) is 102 cm³/mol. The first-order valence-corrected chi connectivity index (χ1v) is 8.83. The molecule has 5 rings (SSSR count). The third-order valence-corrected chi connectivity index (χ3v) is 5.25. The SMILES string of the molecule is c1ccc(-c2cccc(-c3csc4oc5ccccc5c34)c2)cc1. The molecule has 0 amide bonds. The third kappa shape index (κ3) is 2.08. The van der Waals surface area contributed by atoms with E-state index in [1.54, 1.807) is 11.3 Å². The maximum atomic E-state index is 5.99. The Bertz CT molecular complexity index is 1150. The van der Waals surface area contributed by atoms with E-state index in [2.05, 4.69) is 66.0 Å². The molecule has 0 saturated heterocycles. The van der Waals surface area contributed by atoms with Crippen molar-refractivity contribution in [2.75, 3.05) is 0 Å². The van der Waals surface area contributed by atoms with E-state index in [0.717, 1.165) is 10.5 Å². The van der Waals surface area contributed by atoms with Crippen molar-refractivity contribution in [1.29, 1.82) is 0 Å². The molecule has 24 heavy (non-hydrogen) atoms. The van der Waals surface area contributed by atoms with E-state index in [9.17, 15) is 0 Å². The summed E-state index contributed by atoms with van der Waals surface area (Å²) >= 11 is 1.67. The van der Waals surface area contributed by atoms with Crippen molar-refractivity contribution in [3.8, 4) is 22.3 Å².